The molecule has 3 fully saturated rings. The zero-order chi connectivity index (χ0) is 23.9. The summed E-state index contributed by atoms with van der Waals surface area (Å²) in [6, 6.07) is 0. The lowest BCUT2D eigenvalue weighted by molar-refractivity contribution is -0.199. The minimum Gasteiger partial charge on any atom is -0.459 e. The standard InChI is InChI=1S/C27H36O6/c1-13-10-22(33-25(31)14(13)2)27(4,32)24-20(29)11-17-16-9-8-15-6-5-7-21(30)26(15,3)18(16)12-19(28)23(17)24/h5,7-8,13-14,16-18,20,22-24,29,32H,6,9-12H2,1-4H3/t13-,14+,16-,17-,18-,20-,22?,23+,24-,26-,27+/m0/s1. The summed E-state index contributed by atoms with van der Waals surface area (Å²) in [6.07, 6.45) is 6.90. The van der Waals surface area contributed by atoms with Gasteiger partial charge in [0.15, 0.2) is 5.78 Å². The summed E-state index contributed by atoms with van der Waals surface area (Å²) in [5.41, 5.74) is -1.05. The number of fused-ring (bicyclic) bond motifs is 5. The van der Waals surface area contributed by atoms with Crippen LogP contribution in [0, 0.1) is 46.8 Å². The van der Waals surface area contributed by atoms with Crippen molar-refractivity contribution in [1.29, 1.82) is 0 Å². The molecule has 2 N–H and O–H groups in total. The molecular formula is C27H36O6. The molecule has 1 heterocycles. The fraction of sp³-hybridized carbons (Fsp3) is 0.741. The number of aliphatic hydroxyl groups is 2. The highest BCUT2D eigenvalue weighted by Gasteiger charge is 2.64. The molecule has 0 aromatic carbocycles. The molecule has 1 saturated heterocycles. The monoisotopic (exact) mass is 456 g/mol. The highest BCUT2D eigenvalue weighted by Crippen LogP contribution is 2.61. The van der Waals surface area contributed by atoms with E-state index in [1.807, 2.05) is 26.8 Å². The van der Waals surface area contributed by atoms with Crippen LogP contribution in [0.4, 0.5) is 0 Å². The van der Waals surface area contributed by atoms with Crippen molar-refractivity contribution in [2.45, 2.75) is 77.6 Å². The molecule has 1 unspecified atom stereocenters. The van der Waals surface area contributed by atoms with Crippen LogP contribution in [0.3, 0.4) is 0 Å². The van der Waals surface area contributed by atoms with Crippen LogP contribution >= 0.6 is 0 Å². The molecule has 0 amide bonds. The number of esters is 1. The van der Waals surface area contributed by atoms with Crippen molar-refractivity contribution in [3.63, 3.8) is 0 Å². The topological polar surface area (TPSA) is 101 Å². The molecule has 33 heavy (non-hydrogen) atoms. The molecule has 0 radical (unpaired) electrons. The number of allylic oxidation sites excluding steroid dienone is 4. The largest absolute Gasteiger partial charge is 0.459 e. The molecule has 6 nitrogen and oxygen atoms in total. The van der Waals surface area contributed by atoms with E-state index in [0.29, 0.717) is 12.8 Å². The van der Waals surface area contributed by atoms with Crippen molar-refractivity contribution >= 4 is 17.5 Å². The van der Waals surface area contributed by atoms with Crippen molar-refractivity contribution in [3.05, 3.63) is 23.8 Å². The van der Waals surface area contributed by atoms with Gasteiger partial charge in [0.2, 0.25) is 0 Å². The minimum absolute atomic E-state index is 0.0245. The lowest BCUT2D eigenvalue weighted by Crippen LogP contribution is -2.58. The van der Waals surface area contributed by atoms with E-state index in [4.69, 9.17) is 4.74 Å². The molecule has 0 spiro atoms. The number of Topliss-reactive ketones (excluding diaryl/α,β-unsaturated/α-hetero) is 1. The molecule has 4 aliphatic carbocycles. The molecule has 1 aliphatic heterocycles. The van der Waals surface area contributed by atoms with Crippen molar-refractivity contribution < 1.29 is 29.3 Å². The van der Waals surface area contributed by atoms with Crippen LogP contribution in [0.25, 0.3) is 0 Å². The number of carbonyl (C=O) groups is 3. The van der Waals surface area contributed by atoms with Gasteiger partial charge >= 0.3 is 5.97 Å². The molecule has 11 atom stereocenters. The first kappa shape index (κ1) is 23.0. The van der Waals surface area contributed by atoms with Crippen molar-refractivity contribution in [1.82, 2.24) is 0 Å². The average molecular weight is 457 g/mol. The average Bonchev–Trinajstić information content (AvgIpc) is 3.11. The van der Waals surface area contributed by atoms with Crippen LogP contribution in [-0.4, -0.2) is 45.6 Å². The number of carbonyl (C=O) groups excluding carboxylic acids is 3. The van der Waals surface area contributed by atoms with E-state index in [1.165, 1.54) is 0 Å². The number of aliphatic hydroxyl groups excluding tert-OH is 1. The number of ketones is 2. The Balaban J connectivity index is 1.46. The van der Waals surface area contributed by atoms with E-state index < -0.39 is 35.1 Å². The fourth-order valence-electron chi connectivity index (χ4n) is 7.96. The summed E-state index contributed by atoms with van der Waals surface area (Å²) in [5.74, 6) is -1.65. The van der Waals surface area contributed by atoms with Crippen LogP contribution in [0.15, 0.2) is 23.8 Å². The summed E-state index contributed by atoms with van der Waals surface area (Å²) < 4.78 is 5.64. The van der Waals surface area contributed by atoms with E-state index >= 15 is 0 Å². The summed E-state index contributed by atoms with van der Waals surface area (Å²) in [6.45, 7) is 7.41. The lowest BCUT2D eigenvalue weighted by atomic mass is 9.50. The Hall–Kier alpha value is -1.79. The summed E-state index contributed by atoms with van der Waals surface area (Å²) >= 11 is 0. The van der Waals surface area contributed by atoms with E-state index in [2.05, 4.69) is 6.08 Å². The van der Waals surface area contributed by atoms with Gasteiger partial charge in [0.25, 0.3) is 0 Å². The van der Waals surface area contributed by atoms with Gasteiger partial charge in [0.1, 0.15) is 17.5 Å². The maximum atomic E-state index is 13.6. The normalized spacial score (nSPS) is 48.8. The Morgan fingerprint density at radius 3 is 2.58 bits per heavy atom. The van der Waals surface area contributed by atoms with E-state index in [-0.39, 0.29) is 53.5 Å². The Morgan fingerprint density at radius 2 is 1.88 bits per heavy atom. The van der Waals surface area contributed by atoms with Gasteiger partial charge in [-0.1, -0.05) is 31.6 Å². The first-order valence-electron chi connectivity index (χ1n) is 12.5. The third kappa shape index (κ3) is 3.16. The zero-order valence-corrected chi connectivity index (χ0v) is 20.0. The molecular weight excluding hydrogens is 420 g/mol. The fourth-order valence-corrected chi connectivity index (χ4v) is 7.96. The lowest BCUT2D eigenvalue weighted by Gasteiger charge is -2.53. The molecule has 0 aromatic rings. The van der Waals surface area contributed by atoms with Crippen LogP contribution in [0.1, 0.15) is 59.8 Å². The minimum atomic E-state index is -1.51. The molecule has 2 saturated carbocycles. The van der Waals surface area contributed by atoms with Gasteiger partial charge in [-0.3, -0.25) is 14.4 Å². The molecule has 0 bridgehead atoms. The SMILES string of the molecule is C[C@H]1CC([C@@](C)(O)[C@@H]2[C@H]3C(=O)C[C@H]4[C@@H](CC=C5CC=CC(=O)[C@@]54C)[C@@H]3C[C@@H]2O)OC(=O)[C@@H]1C. The second-order valence-corrected chi connectivity index (χ2v) is 11.8. The summed E-state index contributed by atoms with van der Waals surface area (Å²) in [5, 5.41) is 22.9. The van der Waals surface area contributed by atoms with Crippen molar-refractivity contribution in [2.24, 2.45) is 46.8 Å². The summed E-state index contributed by atoms with van der Waals surface area (Å²) in [4.78, 5) is 39.0. The van der Waals surface area contributed by atoms with Gasteiger partial charge in [-0.05, 0) is 69.3 Å². The van der Waals surface area contributed by atoms with E-state index in [0.717, 1.165) is 18.4 Å². The molecule has 5 aliphatic rings. The van der Waals surface area contributed by atoms with E-state index in [1.54, 1.807) is 13.0 Å². The van der Waals surface area contributed by atoms with Gasteiger partial charge in [-0.15, -0.1) is 0 Å². The van der Waals surface area contributed by atoms with Gasteiger partial charge in [-0.25, -0.2) is 0 Å². The van der Waals surface area contributed by atoms with Crippen LogP contribution in [0.2, 0.25) is 0 Å². The number of ether oxygens (including phenoxy) is 1. The predicted octanol–water partition coefficient (Wildman–Crippen LogP) is 3.01. The van der Waals surface area contributed by atoms with Crippen molar-refractivity contribution in [2.75, 3.05) is 0 Å². The van der Waals surface area contributed by atoms with Gasteiger partial charge in [0.05, 0.1) is 17.4 Å². The van der Waals surface area contributed by atoms with Crippen LogP contribution in [0.5, 0.6) is 0 Å². The molecule has 6 heteroatoms. The predicted molar refractivity (Wildman–Crippen MR) is 121 cm³/mol. The molecule has 180 valence electrons. The van der Waals surface area contributed by atoms with Gasteiger partial charge in [0, 0.05) is 18.3 Å². The Morgan fingerprint density at radius 1 is 1.15 bits per heavy atom. The quantitative estimate of drug-likeness (QED) is 0.489. The Bertz CT molecular complexity index is 946. The Kier molecular flexibility index (Phi) is 5.30. The number of cyclic esters (lactones) is 1. The molecule has 0 aromatic heterocycles. The summed E-state index contributed by atoms with van der Waals surface area (Å²) in [7, 11) is 0. The maximum Gasteiger partial charge on any atom is 0.309 e. The second-order valence-electron chi connectivity index (χ2n) is 11.8. The first-order chi connectivity index (χ1) is 15.5. The third-order valence-corrected chi connectivity index (χ3v) is 10.2. The molecule has 5 rings (SSSR count). The van der Waals surface area contributed by atoms with Crippen LogP contribution in [-0.2, 0) is 19.1 Å². The maximum absolute atomic E-state index is 13.6. The Labute approximate surface area is 195 Å². The van der Waals surface area contributed by atoms with Gasteiger partial charge in [-0.2, -0.15) is 0 Å². The van der Waals surface area contributed by atoms with E-state index in [9.17, 15) is 24.6 Å². The second kappa shape index (κ2) is 7.61. The zero-order valence-electron chi connectivity index (χ0n) is 20.0. The van der Waals surface area contributed by atoms with Crippen LogP contribution < -0.4 is 0 Å². The first-order valence-corrected chi connectivity index (χ1v) is 12.5. The third-order valence-electron chi connectivity index (χ3n) is 10.2. The number of hydrogen-bond donors (Lipinski definition) is 2. The highest BCUT2D eigenvalue weighted by atomic mass is 16.6. The van der Waals surface area contributed by atoms with Gasteiger partial charge < -0.3 is 14.9 Å². The smallest absolute Gasteiger partial charge is 0.309 e. The highest BCUT2D eigenvalue weighted by molar-refractivity contribution is 5.99. The number of rotatable bonds is 2. The van der Waals surface area contributed by atoms with Crippen molar-refractivity contribution in [3.8, 4) is 0 Å². The number of hydrogen-bond acceptors (Lipinski definition) is 6.